The lowest BCUT2D eigenvalue weighted by Crippen LogP contribution is -2.10. The van der Waals surface area contributed by atoms with Crippen LogP contribution in [0, 0.1) is 0 Å². The third-order valence-corrected chi connectivity index (χ3v) is 4.71. The summed E-state index contributed by atoms with van der Waals surface area (Å²) in [5.41, 5.74) is 6.94. The van der Waals surface area contributed by atoms with Gasteiger partial charge in [-0.15, -0.1) is 5.11 Å². The fourth-order valence-corrected chi connectivity index (χ4v) is 3.42. The Morgan fingerprint density at radius 2 is 1.73 bits per heavy atom. The smallest absolute Gasteiger partial charge is 0.295 e. The van der Waals surface area contributed by atoms with Crippen molar-refractivity contribution < 1.29 is 13.0 Å². The second-order valence-corrected chi connectivity index (χ2v) is 7.09. The van der Waals surface area contributed by atoms with E-state index in [9.17, 15) is 13.0 Å². The van der Waals surface area contributed by atoms with Gasteiger partial charge in [-0.3, -0.25) is 9.98 Å². The number of anilines is 2. The predicted molar refractivity (Wildman–Crippen MR) is 101 cm³/mol. The van der Waals surface area contributed by atoms with Crippen LogP contribution in [0.3, 0.4) is 0 Å². The average Bonchev–Trinajstić information content (AvgIpc) is 2.60. The molecule has 0 saturated carbocycles. The lowest BCUT2D eigenvalue weighted by atomic mass is 10.1. The molecule has 8 nitrogen and oxygen atoms in total. The van der Waals surface area contributed by atoms with Crippen LogP contribution in [0.15, 0.2) is 69.8 Å². The minimum absolute atomic E-state index is 0.255. The van der Waals surface area contributed by atoms with Crippen molar-refractivity contribution >= 4 is 49.6 Å². The number of nitrogens with zero attached hydrogens (tertiary/aromatic N) is 2. The van der Waals surface area contributed by atoms with E-state index in [-0.39, 0.29) is 10.6 Å². The fourth-order valence-electron chi connectivity index (χ4n) is 2.51. The van der Waals surface area contributed by atoms with Gasteiger partial charge in [-0.2, -0.15) is 8.42 Å². The molecular formula is C16H14ClN5O3S. The summed E-state index contributed by atoms with van der Waals surface area (Å²) in [7, 11) is -4.47. The van der Waals surface area contributed by atoms with E-state index in [1.165, 1.54) is 6.07 Å². The van der Waals surface area contributed by atoms with E-state index in [0.29, 0.717) is 27.2 Å². The summed E-state index contributed by atoms with van der Waals surface area (Å²) in [6, 6.07) is 14.7. The number of hydrogen-bond acceptors (Lipinski definition) is 6. The van der Waals surface area contributed by atoms with Crippen molar-refractivity contribution in [3.8, 4) is 0 Å². The van der Waals surface area contributed by atoms with E-state index in [0.717, 1.165) is 0 Å². The van der Waals surface area contributed by atoms with Crippen molar-refractivity contribution in [2.24, 2.45) is 16.2 Å². The molecule has 3 aromatic rings. The van der Waals surface area contributed by atoms with Gasteiger partial charge in [-0.25, -0.2) is 0 Å². The Bertz CT molecular complexity index is 1100. The molecule has 0 spiro atoms. The molecule has 10 heteroatoms. The van der Waals surface area contributed by atoms with E-state index in [1.54, 1.807) is 48.5 Å². The summed E-state index contributed by atoms with van der Waals surface area (Å²) >= 11 is 5.94. The summed E-state index contributed by atoms with van der Waals surface area (Å²) in [6.45, 7) is 0. The monoisotopic (exact) mass is 391 g/mol. The van der Waals surface area contributed by atoms with Crippen molar-refractivity contribution in [3.63, 3.8) is 0 Å². The minimum atomic E-state index is -4.47. The van der Waals surface area contributed by atoms with Crippen molar-refractivity contribution in [2.45, 2.75) is 4.90 Å². The minimum Gasteiger partial charge on any atom is -0.305 e. The van der Waals surface area contributed by atoms with Crippen LogP contribution in [0.2, 0.25) is 5.02 Å². The lowest BCUT2D eigenvalue weighted by Gasteiger charge is -2.15. The Balaban J connectivity index is 2.15. The molecule has 0 atom stereocenters. The molecule has 0 amide bonds. The number of nitrogens with one attached hydrogen (secondary N) is 2. The normalized spacial score (nSPS) is 11.8. The molecule has 0 fully saturated rings. The van der Waals surface area contributed by atoms with Gasteiger partial charge in [-0.05, 0) is 24.3 Å². The van der Waals surface area contributed by atoms with Crippen LogP contribution < -0.4 is 16.7 Å². The first-order valence-electron chi connectivity index (χ1n) is 7.32. The van der Waals surface area contributed by atoms with Gasteiger partial charge in [-0.1, -0.05) is 47.2 Å². The van der Waals surface area contributed by atoms with Crippen LogP contribution in [0.4, 0.5) is 17.1 Å². The topological polar surface area (TPSA) is 129 Å². The molecule has 0 aliphatic rings. The second kappa shape index (κ2) is 7.16. The van der Waals surface area contributed by atoms with Gasteiger partial charge in [0.05, 0.1) is 11.4 Å². The number of benzene rings is 3. The Hall–Kier alpha value is -2.88. The maximum Gasteiger partial charge on any atom is 0.295 e. The van der Waals surface area contributed by atoms with Crippen LogP contribution in [0.5, 0.6) is 0 Å². The maximum absolute atomic E-state index is 11.8. The summed E-state index contributed by atoms with van der Waals surface area (Å²) in [6.07, 6.45) is 0. The van der Waals surface area contributed by atoms with Crippen molar-refractivity contribution in [1.82, 2.24) is 0 Å². The maximum atomic E-state index is 11.8. The van der Waals surface area contributed by atoms with Crippen molar-refractivity contribution in [2.75, 3.05) is 10.9 Å². The third-order valence-electron chi connectivity index (χ3n) is 3.58. The van der Waals surface area contributed by atoms with E-state index in [2.05, 4.69) is 21.2 Å². The molecule has 134 valence electrons. The summed E-state index contributed by atoms with van der Waals surface area (Å²) in [4.78, 5) is -0.264. The van der Waals surface area contributed by atoms with Crippen LogP contribution in [-0.2, 0) is 10.1 Å². The first-order valence-corrected chi connectivity index (χ1v) is 9.13. The Kier molecular flexibility index (Phi) is 4.94. The second-order valence-electron chi connectivity index (χ2n) is 5.27. The molecule has 0 unspecified atom stereocenters. The zero-order chi connectivity index (χ0) is 18.7. The molecule has 0 aromatic heterocycles. The van der Waals surface area contributed by atoms with Gasteiger partial charge in [0, 0.05) is 15.8 Å². The molecular weight excluding hydrogens is 378 g/mol. The van der Waals surface area contributed by atoms with Crippen LogP contribution in [-0.4, -0.2) is 13.0 Å². The molecule has 0 saturated heterocycles. The molecule has 5 N–H and O–H groups in total. The highest BCUT2D eigenvalue weighted by Gasteiger charge is 2.19. The van der Waals surface area contributed by atoms with Crippen LogP contribution >= 0.6 is 11.6 Å². The average molecular weight is 392 g/mol. The molecule has 3 rings (SSSR count). The van der Waals surface area contributed by atoms with Gasteiger partial charge in [0.15, 0.2) is 0 Å². The molecule has 0 radical (unpaired) electrons. The van der Waals surface area contributed by atoms with Gasteiger partial charge in [0.2, 0.25) is 0 Å². The largest absolute Gasteiger partial charge is 0.305 e. The van der Waals surface area contributed by atoms with E-state index < -0.39 is 10.1 Å². The molecule has 3 aromatic carbocycles. The number of hydrazine groups is 1. The van der Waals surface area contributed by atoms with Crippen LogP contribution in [0.25, 0.3) is 10.8 Å². The summed E-state index contributed by atoms with van der Waals surface area (Å²) in [5, 5.41) is 8.46. The summed E-state index contributed by atoms with van der Waals surface area (Å²) in [5.74, 6) is 5.20. The number of hydrogen-bond donors (Lipinski definition) is 4. The Morgan fingerprint density at radius 3 is 2.38 bits per heavy atom. The Labute approximate surface area is 154 Å². The molecule has 26 heavy (non-hydrogen) atoms. The number of halogens is 1. The number of fused-ring (bicyclic) bond motifs is 1. The van der Waals surface area contributed by atoms with Crippen LogP contribution in [0.1, 0.15) is 0 Å². The zero-order valence-electron chi connectivity index (χ0n) is 13.2. The van der Waals surface area contributed by atoms with E-state index in [4.69, 9.17) is 17.4 Å². The highest BCUT2D eigenvalue weighted by atomic mass is 35.5. The first kappa shape index (κ1) is 17.9. The number of rotatable bonds is 5. The fraction of sp³-hybridized carbons (Fsp3) is 0. The highest BCUT2D eigenvalue weighted by molar-refractivity contribution is 7.86. The van der Waals surface area contributed by atoms with E-state index >= 15 is 0 Å². The predicted octanol–water partition coefficient (Wildman–Crippen LogP) is 4.14. The quantitative estimate of drug-likeness (QED) is 0.224. The van der Waals surface area contributed by atoms with Crippen molar-refractivity contribution in [3.05, 3.63) is 59.6 Å². The van der Waals surface area contributed by atoms with E-state index in [1.807, 2.05) is 0 Å². The van der Waals surface area contributed by atoms with Crippen molar-refractivity contribution in [1.29, 1.82) is 0 Å². The lowest BCUT2D eigenvalue weighted by molar-refractivity contribution is 0.484. The molecule has 0 bridgehead atoms. The SMILES string of the molecule is NN=Nc1c(NNc2cccc(Cl)c2)cc(S(=O)(=O)O)c2ccccc12. The Morgan fingerprint density at radius 1 is 1.00 bits per heavy atom. The third kappa shape index (κ3) is 3.69. The van der Waals surface area contributed by atoms with Gasteiger partial charge >= 0.3 is 0 Å². The summed E-state index contributed by atoms with van der Waals surface area (Å²) < 4.78 is 33.2. The zero-order valence-corrected chi connectivity index (χ0v) is 14.8. The molecule has 0 aliphatic carbocycles. The van der Waals surface area contributed by atoms with Gasteiger partial charge in [0.1, 0.15) is 10.6 Å². The molecule has 0 heterocycles. The number of nitrogens with two attached hydrogens (primary N) is 1. The highest BCUT2D eigenvalue weighted by Crippen LogP contribution is 2.38. The standard InChI is InChI=1S/C16H14ClN5O3S/c17-10-4-3-5-11(8-10)19-20-14-9-15(26(23,24)25)12-6-1-2-7-13(12)16(14)21-22-18/h1-9,19-20H,(H2,18,21)(H,23,24,25). The first-order chi connectivity index (χ1) is 12.4. The van der Waals surface area contributed by atoms with Gasteiger partial charge < -0.3 is 11.3 Å². The molecule has 0 aliphatic heterocycles. The van der Waals surface area contributed by atoms with Gasteiger partial charge in [0.25, 0.3) is 10.1 Å².